The number of hydrogen-bond donors (Lipinski definition) is 2. The first-order valence-corrected chi connectivity index (χ1v) is 10.6. The number of nitrogens with zero attached hydrogens (tertiary/aromatic N) is 5. The molecule has 1 amide bonds. The number of nitrogens with one attached hydrogen (secondary N) is 2. The molecule has 1 aliphatic rings. The third kappa shape index (κ3) is 4.28. The molecule has 0 unspecified atom stereocenters. The van der Waals surface area contributed by atoms with E-state index in [1.165, 1.54) is 6.20 Å². The summed E-state index contributed by atoms with van der Waals surface area (Å²) < 4.78 is 15.7. The van der Waals surface area contributed by atoms with Crippen LogP contribution in [0.2, 0.25) is 0 Å². The van der Waals surface area contributed by atoms with Gasteiger partial charge in [-0.2, -0.15) is 5.10 Å². The Hall–Kier alpha value is -3.49. The van der Waals surface area contributed by atoms with Gasteiger partial charge in [-0.25, -0.2) is 9.37 Å². The van der Waals surface area contributed by atoms with Crippen LogP contribution in [0.1, 0.15) is 36.4 Å². The quantitative estimate of drug-likeness (QED) is 0.614. The lowest BCUT2D eigenvalue weighted by Crippen LogP contribution is -2.49. The van der Waals surface area contributed by atoms with Crippen LogP contribution in [0.25, 0.3) is 0 Å². The van der Waals surface area contributed by atoms with E-state index in [1.54, 1.807) is 16.9 Å². The van der Waals surface area contributed by atoms with Crippen LogP contribution in [-0.4, -0.2) is 38.7 Å². The Morgan fingerprint density at radius 2 is 2.03 bits per heavy atom. The van der Waals surface area contributed by atoms with Crippen LogP contribution >= 0.6 is 0 Å². The highest BCUT2D eigenvalue weighted by Crippen LogP contribution is 2.36. The minimum atomic E-state index is -0.338. The molecule has 0 bridgehead atoms. The van der Waals surface area contributed by atoms with Gasteiger partial charge in [0, 0.05) is 42.7 Å². The first-order chi connectivity index (χ1) is 15.2. The Bertz CT molecular complexity index is 1160. The standard InChI is InChI=1S/C23H28FN7O/c1-13(2)22-23(32)29-21-15(4)28-20(7-19(21)30(22)5)26-8-16-9-27-31(11-16)12-17-6-14(3)25-10-18(17)24/h6-7,9-11,13,22H,8,12H2,1-5H3,(H,26,28)(H,29,32)/t22-/m0/s1. The molecule has 0 saturated heterocycles. The molecule has 8 nitrogen and oxygen atoms in total. The van der Waals surface area contributed by atoms with Gasteiger partial charge < -0.3 is 15.5 Å². The van der Waals surface area contributed by atoms with Crippen molar-refractivity contribution in [3.05, 3.63) is 59.1 Å². The van der Waals surface area contributed by atoms with Gasteiger partial charge in [-0.15, -0.1) is 0 Å². The lowest BCUT2D eigenvalue weighted by atomic mass is 9.98. The number of aromatic nitrogens is 4. The average Bonchev–Trinajstić information content (AvgIpc) is 3.17. The molecular formula is C23H28FN7O. The molecule has 2 N–H and O–H groups in total. The van der Waals surface area contributed by atoms with Gasteiger partial charge in [0.05, 0.1) is 36.0 Å². The summed E-state index contributed by atoms with van der Waals surface area (Å²) in [7, 11) is 1.94. The zero-order valence-electron chi connectivity index (χ0n) is 19.0. The number of halogens is 1. The summed E-state index contributed by atoms with van der Waals surface area (Å²) in [6, 6.07) is 3.46. The van der Waals surface area contributed by atoms with Crippen molar-refractivity contribution in [2.24, 2.45) is 5.92 Å². The number of carbonyl (C=O) groups excluding carboxylic acids is 1. The summed E-state index contributed by atoms with van der Waals surface area (Å²) in [6.07, 6.45) is 4.88. The van der Waals surface area contributed by atoms with Crippen molar-refractivity contribution in [3.63, 3.8) is 0 Å². The van der Waals surface area contributed by atoms with E-state index in [2.05, 4.69) is 25.7 Å². The Kier molecular flexibility index (Phi) is 5.82. The van der Waals surface area contributed by atoms with Gasteiger partial charge in [-0.3, -0.25) is 14.5 Å². The highest BCUT2D eigenvalue weighted by Gasteiger charge is 2.34. The number of amides is 1. The third-order valence-corrected chi connectivity index (χ3v) is 5.69. The van der Waals surface area contributed by atoms with Crippen LogP contribution in [0.3, 0.4) is 0 Å². The van der Waals surface area contributed by atoms with Gasteiger partial charge in [0.2, 0.25) is 5.91 Å². The van der Waals surface area contributed by atoms with E-state index in [9.17, 15) is 9.18 Å². The predicted octanol–water partition coefficient (Wildman–Crippen LogP) is 3.50. The first-order valence-electron chi connectivity index (χ1n) is 10.6. The highest BCUT2D eigenvalue weighted by molar-refractivity contribution is 6.04. The van der Waals surface area contributed by atoms with Gasteiger partial charge in [-0.05, 0) is 25.8 Å². The maximum atomic E-state index is 14.0. The second kappa shape index (κ2) is 8.57. The topological polar surface area (TPSA) is 88.0 Å². The lowest BCUT2D eigenvalue weighted by molar-refractivity contribution is -0.118. The van der Waals surface area contributed by atoms with Crippen molar-refractivity contribution in [2.45, 2.75) is 46.8 Å². The van der Waals surface area contributed by atoms with Crippen LogP contribution in [0.4, 0.5) is 21.6 Å². The first kappa shape index (κ1) is 21.7. The van der Waals surface area contributed by atoms with Crippen molar-refractivity contribution in [1.29, 1.82) is 0 Å². The van der Waals surface area contributed by atoms with Crippen molar-refractivity contribution in [2.75, 3.05) is 22.6 Å². The van der Waals surface area contributed by atoms with Crippen LogP contribution in [0, 0.1) is 25.6 Å². The van der Waals surface area contributed by atoms with Crippen molar-refractivity contribution in [1.82, 2.24) is 19.7 Å². The molecule has 0 aliphatic carbocycles. The number of anilines is 3. The number of aryl methyl sites for hydroxylation is 2. The maximum absolute atomic E-state index is 14.0. The molecule has 32 heavy (non-hydrogen) atoms. The number of carbonyl (C=O) groups is 1. The lowest BCUT2D eigenvalue weighted by Gasteiger charge is -2.38. The molecule has 0 radical (unpaired) electrons. The number of pyridine rings is 2. The molecule has 3 aromatic heterocycles. The molecule has 0 fully saturated rings. The number of hydrogen-bond acceptors (Lipinski definition) is 6. The maximum Gasteiger partial charge on any atom is 0.247 e. The molecule has 0 spiro atoms. The minimum absolute atomic E-state index is 0.00569. The molecule has 1 atom stereocenters. The van der Waals surface area contributed by atoms with Gasteiger partial charge >= 0.3 is 0 Å². The predicted molar refractivity (Wildman–Crippen MR) is 122 cm³/mol. The minimum Gasteiger partial charge on any atom is -0.366 e. The Morgan fingerprint density at radius 3 is 2.78 bits per heavy atom. The molecule has 9 heteroatoms. The van der Waals surface area contributed by atoms with E-state index in [4.69, 9.17) is 0 Å². The van der Waals surface area contributed by atoms with Crippen LogP contribution < -0.4 is 15.5 Å². The molecule has 4 heterocycles. The summed E-state index contributed by atoms with van der Waals surface area (Å²) in [5.41, 5.74) is 4.73. The zero-order valence-corrected chi connectivity index (χ0v) is 19.0. The van der Waals surface area contributed by atoms with Gasteiger partial charge in [0.1, 0.15) is 17.7 Å². The molecule has 3 aromatic rings. The van der Waals surface area contributed by atoms with Gasteiger partial charge in [0.15, 0.2) is 0 Å². The zero-order chi connectivity index (χ0) is 23.0. The summed E-state index contributed by atoms with van der Waals surface area (Å²) in [6.45, 7) is 8.66. The van der Waals surface area contributed by atoms with Crippen molar-refractivity contribution in [3.8, 4) is 0 Å². The SMILES string of the molecule is Cc1cc(Cn2cc(CNc3cc4c(c(C)n3)NC(=O)[C@H](C(C)C)N4C)cn2)c(F)cn1. The fourth-order valence-corrected chi connectivity index (χ4v) is 4.12. The van der Waals surface area contributed by atoms with Crippen molar-refractivity contribution >= 4 is 23.1 Å². The van der Waals surface area contributed by atoms with Gasteiger partial charge in [-0.1, -0.05) is 13.8 Å². The van der Waals surface area contributed by atoms with E-state index < -0.39 is 0 Å². The number of rotatable bonds is 6. The van der Waals surface area contributed by atoms with Crippen LogP contribution in [-0.2, 0) is 17.9 Å². The fourth-order valence-electron chi connectivity index (χ4n) is 4.12. The average molecular weight is 438 g/mol. The second-order valence-electron chi connectivity index (χ2n) is 8.59. The summed E-state index contributed by atoms with van der Waals surface area (Å²) in [5, 5.41) is 10.7. The summed E-state index contributed by atoms with van der Waals surface area (Å²) in [5.74, 6) is 0.553. The molecule has 1 aliphatic heterocycles. The Balaban J connectivity index is 1.48. The second-order valence-corrected chi connectivity index (χ2v) is 8.59. The smallest absolute Gasteiger partial charge is 0.247 e. The van der Waals surface area contributed by atoms with Gasteiger partial charge in [0.25, 0.3) is 0 Å². The Morgan fingerprint density at radius 1 is 1.25 bits per heavy atom. The fraction of sp³-hybridized carbons (Fsp3) is 0.391. The van der Waals surface area contributed by atoms with Crippen LogP contribution in [0.15, 0.2) is 30.7 Å². The van der Waals surface area contributed by atoms with E-state index >= 15 is 0 Å². The third-order valence-electron chi connectivity index (χ3n) is 5.69. The van der Waals surface area contributed by atoms with E-state index in [0.717, 1.165) is 34.1 Å². The normalized spacial score (nSPS) is 15.7. The van der Waals surface area contributed by atoms with E-state index in [1.807, 2.05) is 51.9 Å². The molecule has 0 aromatic carbocycles. The van der Waals surface area contributed by atoms with Crippen LogP contribution in [0.5, 0.6) is 0 Å². The monoisotopic (exact) mass is 437 g/mol. The molecular weight excluding hydrogens is 409 g/mol. The van der Waals surface area contributed by atoms with E-state index in [0.29, 0.717) is 18.7 Å². The highest BCUT2D eigenvalue weighted by atomic mass is 19.1. The molecule has 168 valence electrons. The number of fused-ring (bicyclic) bond motifs is 1. The molecule has 4 rings (SSSR count). The van der Waals surface area contributed by atoms with Crippen molar-refractivity contribution < 1.29 is 9.18 Å². The summed E-state index contributed by atoms with van der Waals surface area (Å²) in [4.78, 5) is 23.1. The van der Waals surface area contributed by atoms with E-state index in [-0.39, 0.29) is 23.7 Å². The largest absolute Gasteiger partial charge is 0.366 e. The summed E-state index contributed by atoms with van der Waals surface area (Å²) >= 11 is 0. The Labute approximate surface area is 186 Å². The molecule has 0 saturated carbocycles. The number of likely N-dealkylation sites (N-methyl/N-ethyl adjacent to an activating group) is 1.